The Bertz CT molecular complexity index is 942. The molecule has 0 atom stereocenters. The van der Waals surface area contributed by atoms with Crippen molar-refractivity contribution in [2.75, 3.05) is 26.0 Å². The van der Waals surface area contributed by atoms with Gasteiger partial charge in [0.25, 0.3) is 17.7 Å². The van der Waals surface area contributed by atoms with Gasteiger partial charge in [0.05, 0.1) is 21.8 Å². The first-order valence-corrected chi connectivity index (χ1v) is 9.56. The molecule has 0 aliphatic carbocycles. The highest BCUT2D eigenvalue weighted by atomic mass is 35.5. The van der Waals surface area contributed by atoms with E-state index in [4.69, 9.17) is 11.6 Å². The Morgan fingerprint density at radius 3 is 2.28 bits per heavy atom. The number of nitrogens with one attached hydrogen (secondary N) is 2. The summed E-state index contributed by atoms with van der Waals surface area (Å²) in [5.74, 6) is -0.555. The number of anilines is 1. The first kappa shape index (κ1) is 22.4. The average molecular weight is 417 g/mol. The average Bonchev–Trinajstić information content (AvgIpc) is 2.65. The van der Waals surface area contributed by atoms with Gasteiger partial charge in [-0.2, -0.15) is 0 Å². The predicted molar refractivity (Wildman–Crippen MR) is 114 cm³/mol. The maximum atomic E-state index is 12.6. The lowest BCUT2D eigenvalue weighted by Gasteiger charge is -2.13. The number of halogens is 1. The summed E-state index contributed by atoms with van der Waals surface area (Å²) in [6.07, 6.45) is 0. The summed E-state index contributed by atoms with van der Waals surface area (Å²) in [5, 5.41) is 5.78. The maximum Gasteiger partial charge on any atom is 0.271 e. The van der Waals surface area contributed by atoms with Gasteiger partial charge in [-0.3, -0.25) is 14.4 Å². The van der Waals surface area contributed by atoms with E-state index in [1.165, 1.54) is 17.0 Å². The Morgan fingerprint density at radius 2 is 1.72 bits per heavy atom. The smallest absolute Gasteiger partial charge is 0.271 e. The number of amides is 3. The lowest BCUT2D eigenvalue weighted by molar-refractivity contribution is 0.0820. The molecule has 0 unspecified atom stereocenters. The Labute approximate surface area is 175 Å². The van der Waals surface area contributed by atoms with Crippen LogP contribution in [0, 0.1) is 12.8 Å². The van der Waals surface area contributed by atoms with Gasteiger partial charge in [-0.05, 0) is 43.2 Å². The highest BCUT2D eigenvalue weighted by Crippen LogP contribution is 2.22. The van der Waals surface area contributed by atoms with E-state index < -0.39 is 0 Å². The van der Waals surface area contributed by atoms with Gasteiger partial charge in [-0.25, -0.2) is 4.98 Å². The molecule has 3 amide bonds. The molecule has 0 aliphatic rings. The zero-order valence-corrected chi connectivity index (χ0v) is 17.9. The standard InChI is InChI=1S/C21H25ClN4O3/c1-12(2)11-23-19(27)16-7-6-14(10-17(16)22)25-20(28)15-8-9-18(24-13(15)3)21(29)26(4)5/h6-10,12H,11H2,1-5H3,(H,23,27)(H,25,28). The summed E-state index contributed by atoms with van der Waals surface area (Å²) in [6.45, 7) is 6.21. The van der Waals surface area contributed by atoms with Crippen LogP contribution in [-0.4, -0.2) is 48.2 Å². The quantitative estimate of drug-likeness (QED) is 0.755. The van der Waals surface area contributed by atoms with Crippen molar-refractivity contribution < 1.29 is 14.4 Å². The minimum Gasteiger partial charge on any atom is -0.352 e. The maximum absolute atomic E-state index is 12.6. The highest BCUT2D eigenvalue weighted by Gasteiger charge is 2.16. The van der Waals surface area contributed by atoms with Crippen LogP contribution in [0.4, 0.5) is 5.69 Å². The number of hydrogen-bond donors (Lipinski definition) is 2. The Morgan fingerprint density at radius 1 is 1.07 bits per heavy atom. The van der Waals surface area contributed by atoms with Gasteiger partial charge in [0.15, 0.2) is 0 Å². The Balaban J connectivity index is 2.14. The fraction of sp³-hybridized carbons (Fsp3) is 0.333. The fourth-order valence-corrected chi connectivity index (χ4v) is 2.78. The van der Waals surface area contributed by atoms with E-state index in [2.05, 4.69) is 15.6 Å². The van der Waals surface area contributed by atoms with Crippen LogP contribution in [0.25, 0.3) is 0 Å². The molecule has 0 spiro atoms. The Hall–Kier alpha value is -2.93. The van der Waals surface area contributed by atoms with Crippen LogP contribution in [0.1, 0.15) is 50.7 Å². The predicted octanol–water partition coefficient (Wildman–Crippen LogP) is 3.38. The number of carbonyl (C=O) groups is 3. The summed E-state index contributed by atoms with van der Waals surface area (Å²) in [4.78, 5) is 42.4. The van der Waals surface area contributed by atoms with Crippen LogP contribution >= 0.6 is 11.6 Å². The number of aromatic nitrogens is 1. The summed E-state index contributed by atoms with van der Waals surface area (Å²) < 4.78 is 0. The van der Waals surface area contributed by atoms with E-state index in [0.717, 1.165) is 0 Å². The minimum absolute atomic E-state index is 0.238. The molecule has 0 aliphatic heterocycles. The zero-order chi connectivity index (χ0) is 21.7. The van der Waals surface area contributed by atoms with Crippen LogP contribution in [-0.2, 0) is 0 Å². The molecule has 7 nitrogen and oxygen atoms in total. The molecule has 0 saturated carbocycles. The molecule has 0 saturated heterocycles. The van der Waals surface area contributed by atoms with E-state index >= 15 is 0 Å². The SMILES string of the molecule is Cc1nc(C(=O)N(C)C)ccc1C(=O)Nc1ccc(C(=O)NCC(C)C)c(Cl)c1. The van der Waals surface area contributed by atoms with Gasteiger partial charge in [0, 0.05) is 26.3 Å². The van der Waals surface area contributed by atoms with Crippen molar-refractivity contribution >= 4 is 35.0 Å². The third kappa shape index (κ3) is 5.77. The molecule has 0 bridgehead atoms. The molecular weight excluding hydrogens is 392 g/mol. The topological polar surface area (TPSA) is 91.4 Å². The normalized spacial score (nSPS) is 10.6. The molecule has 1 heterocycles. The second kappa shape index (κ2) is 9.52. The van der Waals surface area contributed by atoms with E-state index in [1.54, 1.807) is 39.2 Å². The van der Waals surface area contributed by atoms with E-state index in [1.807, 2.05) is 13.8 Å². The molecule has 8 heteroatoms. The number of pyridine rings is 1. The number of aryl methyl sites for hydroxylation is 1. The van der Waals surface area contributed by atoms with Crippen LogP contribution in [0.3, 0.4) is 0 Å². The molecule has 2 N–H and O–H groups in total. The molecule has 0 radical (unpaired) electrons. The number of hydrogen-bond acceptors (Lipinski definition) is 4. The van der Waals surface area contributed by atoms with Gasteiger partial charge < -0.3 is 15.5 Å². The van der Waals surface area contributed by atoms with Crippen molar-refractivity contribution in [2.45, 2.75) is 20.8 Å². The van der Waals surface area contributed by atoms with Crippen LogP contribution in [0.15, 0.2) is 30.3 Å². The van der Waals surface area contributed by atoms with Gasteiger partial charge in [0.2, 0.25) is 0 Å². The molecule has 1 aromatic carbocycles. The molecule has 0 fully saturated rings. The molecule has 29 heavy (non-hydrogen) atoms. The van der Waals surface area contributed by atoms with Crippen molar-refractivity contribution in [1.29, 1.82) is 0 Å². The first-order valence-electron chi connectivity index (χ1n) is 9.18. The summed E-state index contributed by atoms with van der Waals surface area (Å²) in [6, 6.07) is 7.78. The van der Waals surface area contributed by atoms with Crippen molar-refractivity contribution in [3.05, 3.63) is 57.9 Å². The highest BCUT2D eigenvalue weighted by molar-refractivity contribution is 6.34. The van der Waals surface area contributed by atoms with Crippen LogP contribution in [0.2, 0.25) is 5.02 Å². The summed E-state index contributed by atoms with van der Waals surface area (Å²) >= 11 is 6.22. The van der Waals surface area contributed by atoms with Crippen LogP contribution in [0.5, 0.6) is 0 Å². The monoisotopic (exact) mass is 416 g/mol. The number of rotatable bonds is 6. The minimum atomic E-state index is -0.382. The molecule has 1 aromatic heterocycles. The van der Waals surface area contributed by atoms with E-state index in [9.17, 15) is 14.4 Å². The van der Waals surface area contributed by atoms with E-state index in [-0.39, 0.29) is 28.4 Å². The third-order valence-corrected chi connectivity index (χ3v) is 4.41. The van der Waals surface area contributed by atoms with Gasteiger partial charge in [-0.15, -0.1) is 0 Å². The largest absolute Gasteiger partial charge is 0.352 e. The second-order valence-corrected chi connectivity index (χ2v) is 7.69. The number of benzene rings is 1. The molecule has 2 rings (SSSR count). The Kier molecular flexibility index (Phi) is 7.34. The molecule has 2 aromatic rings. The summed E-state index contributed by atoms with van der Waals surface area (Å²) in [7, 11) is 3.27. The van der Waals surface area contributed by atoms with E-state index in [0.29, 0.717) is 35.0 Å². The fourth-order valence-electron chi connectivity index (χ4n) is 2.52. The lowest BCUT2D eigenvalue weighted by Crippen LogP contribution is -2.27. The molecular formula is C21H25ClN4O3. The first-order chi connectivity index (χ1) is 13.6. The number of carbonyl (C=O) groups excluding carboxylic acids is 3. The lowest BCUT2D eigenvalue weighted by atomic mass is 10.1. The van der Waals surface area contributed by atoms with Gasteiger partial charge >= 0.3 is 0 Å². The van der Waals surface area contributed by atoms with Crippen molar-refractivity contribution in [3.8, 4) is 0 Å². The molecule has 154 valence electrons. The van der Waals surface area contributed by atoms with Crippen molar-refractivity contribution in [2.24, 2.45) is 5.92 Å². The van der Waals surface area contributed by atoms with Gasteiger partial charge in [0.1, 0.15) is 5.69 Å². The van der Waals surface area contributed by atoms with Crippen LogP contribution < -0.4 is 10.6 Å². The second-order valence-electron chi connectivity index (χ2n) is 7.28. The number of nitrogens with zero attached hydrogens (tertiary/aromatic N) is 2. The summed E-state index contributed by atoms with van der Waals surface area (Å²) in [5.41, 5.74) is 1.84. The third-order valence-electron chi connectivity index (χ3n) is 4.10. The van der Waals surface area contributed by atoms with Crippen molar-refractivity contribution in [3.63, 3.8) is 0 Å². The zero-order valence-electron chi connectivity index (χ0n) is 17.2. The van der Waals surface area contributed by atoms with Gasteiger partial charge in [-0.1, -0.05) is 25.4 Å². The van der Waals surface area contributed by atoms with Crippen molar-refractivity contribution in [1.82, 2.24) is 15.2 Å².